The van der Waals surface area contributed by atoms with Crippen LogP contribution in [0.15, 0.2) is 24.5 Å². The average molecular weight is 314 g/mol. The first-order valence-corrected chi connectivity index (χ1v) is 8.51. The number of carbonyl (C=O) groups excluding carboxylic acids is 1. The van der Waals surface area contributed by atoms with Crippen molar-refractivity contribution < 1.29 is 13.2 Å². The van der Waals surface area contributed by atoms with E-state index >= 15 is 0 Å². The van der Waals surface area contributed by atoms with Crippen molar-refractivity contribution in [3.05, 3.63) is 30.1 Å². The summed E-state index contributed by atoms with van der Waals surface area (Å²) < 4.78 is 23.6. The van der Waals surface area contributed by atoms with Gasteiger partial charge in [0.15, 0.2) is 0 Å². The smallest absolute Gasteiger partial charge is 0.315 e. The van der Waals surface area contributed by atoms with Crippen molar-refractivity contribution in [2.45, 2.75) is 19.4 Å². The Hall–Kier alpha value is -1.67. The molecule has 0 radical (unpaired) electrons. The molecular weight excluding hydrogens is 292 g/mol. The van der Waals surface area contributed by atoms with Crippen LogP contribution < -0.4 is 10.6 Å². The molecule has 2 N–H and O–H groups in total. The largest absolute Gasteiger partial charge is 0.338 e. The molecule has 1 rings (SSSR count). The van der Waals surface area contributed by atoms with Gasteiger partial charge < -0.3 is 10.6 Å². The van der Waals surface area contributed by atoms with E-state index in [0.717, 1.165) is 11.8 Å². The predicted octanol–water partition coefficient (Wildman–Crippen LogP) is 0.723. The zero-order valence-electron chi connectivity index (χ0n) is 12.5. The monoisotopic (exact) mass is 314 g/mol. The molecule has 1 heterocycles. The Morgan fingerprint density at radius 1 is 1.38 bits per heavy atom. The van der Waals surface area contributed by atoms with Crippen LogP contribution in [0.3, 0.4) is 0 Å². The topological polar surface area (TPSA) is 91.4 Å². The van der Waals surface area contributed by atoms with Gasteiger partial charge in [-0.15, -0.1) is 0 Å². The van der Waals surface area contributed by atoms with Gasteiger partial charge >= 0.3 is 6.03 Å². The van der Waals surface area contributed by atoms with Crippen LogP contribution in [0.4, 0.5) is 4.79 Å². The maximum atomic E-state index is 11.7. The van der Waals surface area contributed by atoms with E-state index < -0.39 is 10.0 Å². The fourth-order valence-corrected chi connectivity index (χ4v) is 2.11. The molecule has 0 fully saturated rings. The van der Waals surface area contributed by atoms with Gasteiger partial charge in [0.1, 0.15) is 0 Å². The van der Waals surface area contributed by atoms with Crippen molar-refractivity contribution in [3.63, 3.8) is 0 Å². The van der Waals surface area contributed by atoms with Gasteiger partial charge in [-0.2, -0.15) is 0 Å². The van der Waals surface area contributed by atoms with E-state index in [1.165, 1.54) is 11.4 Å². The van der Waals surface area contributed by atoms with Gasteiger partial charge in [0.2, 0.25) is 10.0 Å². The predicted molar refractivity (Wildman–Crippen MR) is 81.3 cm³/mol. The van der Waals surface area contributed by atoms with Crippen LogP contribution in [0.1, 0.15) is 24.9 Å². The number of hydrogen-bond acceptors (Lipinski definition) is 4. The number of sulfonamides is 1. The van der Waals surface area contributed by atoms with Gasteiger partial charge in [-0.1, -0.05) is 0 Å². The van der Waals surface area contributed by atoms with Crippen molar-refractivity contribution in [1.29, 1.82) is 0 Å². The van der Waals surface area contributed by atoms with E-state index in [1.807, 2.05) is 19.1 Å². The number of aromatic nitrogens is 1. The lowest BCUT2D eigenvalue weighted by Crippen LogP contribution is -2.38. The third kappa shape index (κ3) is 6.54. The highest BCUT2D eigenvalue weighted by Crippen LogP contribution is 2.09. The molecule has 7 nitrogen and oxygen atoms in total. The molecule has 0 aliphatic heterocycles. The van der Waals surface area contributed by atoms with E-state index in [4.69, 9.17) is 0 Å². The number of nitrogens with one attached hydrogen (secondary N) is 2. The summed E-state index contributed by atoms with van der Waals surface area (Å²) in [5, 5.41) is 5.51. The lowest BCUT2D eigenvalue weighted by Gasteiger charge is -2.16. The lowest BCUT2D eigenvalue weighted by molar-refractivity contribution is 0.237. The second-order valence-corrected chi connectivity index (χ2v) is 6.93. The highest BCUT2D eigenvalue weighted by atomic mass is 32.2. The van der Waals surface area contributed by atoms with Gasteiger partial charge in [-0.3, -0.25) is 4.98 Å². The molecule has 0 bridgehead atoms. The average Bonchev–Trinajstić information content (AvgIpc) is 2.43. The minimum absolute atomic E-state index is 0.119. The Morgan fingerprint density at radius 3 is 2.57 bits per heavy atom. The number of pyridine rings is 1. The van der Waals surface area contributed by atoms with Crippen LogP contribution >= 0.6 is 0 Å². The molecule has 0 aliphatic rings. The molecule has 1 atom stereocenters. The zero-order valence-corrected chi connectivity index (χ0v) is 13.4. The number of urea groups is 1. The van der Waals surface area contributed by atoms with Crippen LogP contribution in [0.2, 0.25) is 0 Å². The molecule has 2 amide bonds. The number of carbonyl (C=O) groups is 1. The van der Waals surface area contributed by atoms with Crippen molar-refractivity contribution in [3.8, 4) is 0 Å². The van der Waals surface area contributed by atoms with E-state index in [1.54, 1.807) is 12.4 Å². The van der Waals surface area contributed by atoms with E-state index in [9.17, 15) is 13.2 Å². The molecule has 1 aromatic rings. The Bertz CT molecular complexity index is 548. The normalized spacial score (nSPS) is 13.0. The summed E-state index contributed by atoms with van der Waals surface area (Å²) in [6.45, 7) is 2.67. The highest BCUT2D eigenvalue weighted by Gasteiger charge is 2.11. The molecule has 0 spiro atoms. The SMILES string of the molecule is C[C@@H](NC(=O)NCCCN(C)S(C)(=O)=O)c1ccncc1. The number of rotatable bonds is 7. The van der Waals surface area contributed by atoms with E-state index in [2.05, 4.69) is 15.6 Å². The van der Waals surface area contributed by atoms with Gasteiger partial charge in [0, 0.05) is 32.5 Å². The van der Waals surface area contributed by atoms with Gasteiger partial charge in [0.25, 0.3) is 0 Å². The number of hydrogen-bond donors (Lipinski definition) is 2. The number of amides is 2. The maximum Gasteiger partial charge on any atom is 0.315 e. The maximum absolute atomic E-state index is 11.7. The van der Waals surface area contributed by atoms with Crippen LogP contribution in [0.5, 0.6) is 0 Å². The zero-order chi connectivity index (χ0) is 15.9. The molecular formula is C13H22N4O3S. The molecule has 0 saturated heterocycles. The lowest BCUT2D eigenvalue weighted by atomic mass is 10.1. The molecule has 118 valence electrons. The minimum Gasteiger partial charge on any atom is -0.338 e. The minimum atomic E-state index is -3.16. The van der Waals surface area contributed by atoms with Crippen molar-refractivity contribution >= 4 is 16.1 Å². The molecule has 0 unspecified atom stereocenters. The van der Waals surface area contributed by atoms with Crippen molar-refractivity contribution in [1.82, 2.24) is 19.9 Å². The fourth-order valence-electron chi connectivity index (χ4n) is 1.65. The first-order chi connectivity index (χ1) is 9.80. The van der Waals surface area contributed by atoms with Crippen molar-refractivity contribution in [2.75, 3.05) is 26.4 Å². The first-order valence-electron chi connectivity index (χ1n) is 6.66. The van der Waals surface area contributed by atoms with Gasteiger partial charge in [-0.05, 0) is 31.0 Å². The number of nitrogens with zero attached hydrogens (tertiary/aromatic N) is 2. The quantitative estimate of drug-likeness (QED) is 0.726. The Labute approximate surface area is 125 Å². The second kappa shape index (κ2) is 7.94. The van der Waals surface area contributed by atoms with Crippen LogP contribution in [0.25, 0.3) is 0 Å². The third-order valence-electron chi connectivity index (χ3n) is 3.06. The molecule has 0 aromatic carbocycles. The highest BCUT2D eigenvalue weighted by molar-refractivity contribution is 7.88. The van der Waals surface area contributed by atoms with E-state index in [-0.39, 0.29) is 12.1 Å². The summed E-state index contributed by atoms with van der Waals surface area (Å²) >= 11 is 0. The molecule has 0 aliphatic carbocycles. The Kier molecular flexibility index (Phi) is 6.57. The first kappa shape index (κ1) is 17.4. The summed E-state index contributed by atoms with van der Waals surface area (Å²) in [5.74, 6) is 0. The molecule has 8 heteroatoms. The standard InChI is InChI=1S/C13H22N4O3S/c1-11(12-5-8-14-9-6-12)16-13(18)15-7-4-10-17(2)21(3,19)20/h5-6,8-9,11H,4,7,10H2,1-3H3,(H2,15,16,18)/t11-/m1/s1. The fraction of sp³-hybridized carbons (Fsp3) is 0.538. The molecule has 21 heavy (non-hydrogen) atoms. The summed E-state index contributed by atoms with van der Waals surface area (Å²) in [5.41, 5.74) is 0.969. The van der Waals surface area contributed by atoms with Gasteiger partial charge in [0.05, 0.1) is 12.3 Å². The summed E-state index contributed by atoms with van der Waals surface area (Å²) in [4.78, 5) is 15.6. The van der Waals surface area contributed by atoms with Gasteiger partial charge in [-0.25, -0.2) is 17.5 Å². The summed E-state index contributed by atoms with van der Waals surface area (Å²) in [6.07, 6.45) is 5.06. The summed E-state index contributed by atoms with van der Waals surface area (Å²) in [6, 6.07) is 3.28. The molecule has 0 saturated carbocycles. The Morgan fingerprint density at radius 2 is 2.00 bits per heavy atom. The van der Waals surface area contributed by atoms with Crippen molar-refractivity contribution in [2.24, 2.45) is 0 Å². The second-order valence-electron chi connectivity index (χ2n) is 4.84. The van der Waals surface area contributed by atoms with Crippen LogP contribution in [-0.2, 0) is 10.0 Å². The van der Waals surface area contributed by atoms with E-state index in [0.29, 0.717) is 19.5 Å². The third-order valence-corrected chi connectivity index (χ3v) is 4.37. The van der Waals surface area contributed by atoms with Crippen LogP contribution in [0, 0.1) is 0 Å². The summed E-state index contributed by atoms with van der Waals surface area (Å²) in [7, 11) is -1.64. The van der Waals surface area contributed by atoms with Crippen LogP contribution in [-0.4, -0.2) is 50.1 Å². The Balaban J connectivity index is 2.26. The molecule has 1 aromatic heterocycles.